The highest BCUT2D eigenvalue weighted by Crippen LogP contribution is 2.50. The molecule has 1 fully saturated rings. The van der Waals surface area contributed by atoms with Crippen LogP contribution in [0.3, 0.4) is 0 Å². The van der Waals surface area contributed by atoms with Crippen molar-refractivity contribution in [2.24, 2.45) is 4.99 Å². The van der Waals surface area contributed by atoms with Crippen LogP contribution in [-0.4, -0.2) is 34.1 Å². The number of hydrogen-bond acceptors (Lipinski definition) is 6. The summed E-state index contributed by atoms with van der Waals surface area (Å²) in [4.78, 5) is 35.1. The van der Waals surface area contributed by atoms with Gasteiger partial charge in [0.25, 0.3) is 5.91 Å². The van der Waals surface area contributed by atoms with Crippen molar-refractivity contribution >= 4 is 51.9 Å². The van der Waals surface area contributed by atoms with Crippen LogP contribution in [0.1, 0.15) is 15.9 Å². The first-order valence-electron chi connectivity index (χ1n) is 10.2. The van der Waals surface area contributed by atoms with E-state index in [9.17, 15) is 14.7 Å². The minimum absolute atomic E-state index is 0.112. The van der Waals surface area contributed by atoms with Crippen molar-refractivity contribution in [1.29, 1.82) is 0 Å². The van der Waals surface area contributed by atoms with E-state index in [1.165, 1.54) is 23.9 Å². The summed E-state index contributed by atoms with van der Waals surface area (Å²) < 4.78 is 0. The molecule has 1 N–H and O–H groups in total. The predicted molar refractivity (Wildman–Crippen MR) is 133 cm³/mol. The molecule has 0 aliphatic carbocycles. The van der Waals surface area contributed by atoms with E-state index in [-0.39, 0.29) is 11.5 Å². The van der Waals surface area contributed by atoms with Crippen molar-refractivity contribution in [2.45, 2.75) is 11.4 Å². The Hall–Kier alpha value is -3.49. The summed E-state index contributed by atoms with van der Waals surface area (Å²) in [5.41, 5.74) is 2.69. The van der Waals surface area contributed by atoms with Crippen LogP contribution in [0, 0.1) is 0 Å². The number of aromatic carboxylic acids is 1. The van der Waals surface area contributed by atoms with E-state index in [2.05, 4.69) is 4.99 Å². The molecule has 6 nitrogen and oxygen atoms in total. The molecule has 0 aromatic heterocycles. The fourth-order valence-corrected chi connectivity index (χ4v) is 5.99. The zero-order chi connectivity index (χ0) is 22.9. The van der Waals surface area contributed by atoms with Gasteiger partial charge in [-0.3, -0.25) is 9.69 Å². The number of amides is 1. The quantitative estimate of drug-likeness (QED) is 0.500. The summed E-state index contributed by atoms with van der Waals surface area (Å²) in [7, 11) is 1.96. The van der Waals surface area contributed by atoms with Crippen LogP contribution in [-0.2, 0) is 11.3 Å². The maximum absolute atomic E-state index is 13.6. The lowest BCUT2D eigenvalue weighted by Crippen LogP contribution is -2.29. The van der Waals surface area contributed by atoms with E-state index < -0.39 is 5.97 Å². The number of hydrogen-bond donors (Lipinski definition) is 1. The third-order valence-corrected chi connectivity index (χ3v) is 7.73. The van der Waals surface area contributed by atoms with Crippen LogP contribution >= 0.6 is 23.5 Å². The first kappa shape index (κ1) is 21.4. The van der Waals surface area contributed by atoms with Gasteiger partial charge >= 0.3 is 5.97 Å². The van der Waals surface area contributed by atoms with Gasteiger partial charge in [-0.1, -0.05) is 60.3 Å². The Morgan fingerprint density at radius 1 is 0.970 bits per heavy atom. The zero-order valence-corrected chi connectivity index (χ0v) is 19.3. The Morgan fingerprint density at radius 2 is 1.73 bits per heavy atom. The Bertz CT molecular complexity index is 1320. The van der Waals surface area contributed by atoms with Gasteiger partial charge < -0.3 is 10.0 Å². The summed E-state index contributed by atoms with van der Waals surface area (Å²) >= 11 is 2.90. The van der Waals surface area contributed by atoms with Gasteiger partial charge in [0.2, 0.25) is 0 Å². The minimum atomic E-state index is -1.02. The van der Waals surface area contributed by atoms with E-state index in [0.29, 0.717) is 22.3 Å². The molecule has 2 heterocycles. The number of carboxylic acid groups (broad SMARTS) is 1. The molecular formula is C25H19N3O3S2. The molecule has 0 spiro atoms. The zero-order valence-electron chi connectivity index (χ0n) is 17.6. The number of benzene rings is 3. The van der Waals surface area contributed by atoms with E-state index in [0.717, 1.165) is 21.2 Å². The normalized spacial score (nSPS) is 18.8. The van der Waals surface area contributed by atoms with Crippen LogP contribution in [0.5, 0.6) is 0 Å². The SMILES string of the molecule is CN1/C(=C2\SC(=Nc3cccc(C(=O)O)c3)N(Cc3ccccc3)C2=O)Sc2ccccc21. The Balaban J connectivity index is 1.56. The molecule has 3 aromatic carbocycles. The molecular weight excluding hydrogens is 454 g/mol. The fourth-order valence-electron chi connectivity index (χ4n) is 3.64. The van der Waals surface area contributed by atoms with E-state index in [4.69, 9.17) is 0 Å². The van der Waals surface area contributed by atoms with Crippen LogP contribution in [0.25, 0.3) is 0 Å². The lowest BCUT2D eigenvalue weighted by atomic mass is 10.2. The first-order chi connectivity index (χ1) is 16.0. The van der Waals surface area contributed by atoms with Crippen LogP contribution in [0.2, 0.25) is 0 Å². The second-order valence-electron chi connectivity index (χ2n) is 7.49. The van der Waals surface area contributed by atoms with Crippen molar-refractivity contribution in [3.05, 3.63) is 99.9 Å². The smallest absolute Gasteiger partial charge is 0.335 e. The number of rotatable bonds is 4. The van der Waals surface area contributed by atoms with E-state index in [1.54, 1.807) is 28.8 Å². The maximum Gasteiger partial charge on any atom is 0.335 e. The number of carbonyl (C=O) groups is 2. The third-order valence-electron chi connectivity index (χ3n) is 5.30. The van der Waals surface area contributed by atoms with Gasteiger partial charge in [0.05, 0.1) is 28.5 Å². The number of para-hydroxylation sites is 1. The molecule has 0 saturated carbocycles. The summed E-state index contributed by atoms with van der Waals surface area (Å²) in [6.45, 7) is 0.377. The molecule has 0 bridgehead atoms. The highest BCUT2D eigenvalue weighted by atomic mass is 32.2. The molecule has 2 aliphatic heterocycles. The number of fused-ring (bicyclic) bond motifs is 1. The first-order valence-corrected chi connectivity index (χ1v) is 11.8. The summed E-state index contributed by atoms with van der Waals surface area (Å²) in [6.07, 6.45) is 0. The highest BCUT2D eigenvalue weighted by molar-refractivity contribution is 8.19. The number of carbonyl (C=O) groups excluding carboxylic acids is 1. The summed E-state index contributed by atoms with van der Waals surface area (Å²) in [5.74, 6) is -1.13. The van der Waals surface area contributed by atoms with Gasteiger partial charge in [0, 0.05) is 11.9 Å². The molecule has 1 amide bonds. The third kappa shape index (κ3) is 4.15. The highest BCUT2D eigenvalue weighted by Gasteiger charge is 2.39. The number of nitrogens with zero attached hydrogens (tertiary/aromatic N) is 3. The number of aliphatic imine (C=N–C) groups is 1. The van der Waals surface area contributed by atoms with Crippen molar-refractivity contribution in [2.75, 3.05) is 11.9 Å². The van der Waals surface area contributed by atoms with Gasteiger partial charge in [0.1, 0.15) is 4.91 Å². The van der Waals surface area contributed by atoms with Crippen LogP contribution in [0.15, 0.2) is 98.7 Å². The summed E-state index contributed by atoms with van der Waals surface area (Å²) in [6, 6.07) is 24.2. The van der Waals surface area contributed by atoms with Gasteiger partial charge in [-0.25, -0.2) is 9.79 Å². The molecule has 3 aromatic rings. The second kappa shape index (κ2) is 8.80. The molecule has 0 atom stereocenters. The predicted octanol–water partition coefficient (Wildman–Crippen LogP) is 5.56. The molecule has 0 unspecified atom stereocenters. The van der Waals surface area contributed by atoms with Crippen molar-refractivity contribution in [1.82, 2.24) is 4.90 Å². The number of carboxylic acids is 1. The Labute approximate surface area is 199 Å². The topological polar surface area (TPSA) is 73.2 Å². The fraction of sp³-hybridized carbons (Fsp3) is 0.0800. The Kier molecular flexibility index (Phi) is 5.70. The number of thioether (sulfide) groups is 2. The molecule has 5 rings (SSSR count). The van der Waals surface area contributed by atoms with Crippen molar-refractivity contribution in [3.8, 4) is 0 Å². The Morgan fingerprint density at radius 3 is 2.48 bits per heavy atom. The van der Waals surface area contributed by atoms with Crippen LogP contribution in [0.4, 0.5) is 11.4 Å². The monoisotopic (exact) mass is 473 g/mol. The molecule has 33 heavy (non-hydrogen) atoms. The van der Waals surface area contributed by atoms with Crippen LogP contribution < -0.4 is 4.90 Å². The standard InChI is InChI=1S/C25H19N3O3S2/c1-27-19-12-5-6-13-20(19)32-23(27)21-22(29)28(15-16-8-3-2-4-9-16)25(33-21)26-18-11-7-10-17(14-18)24(30)31/h2-14H,15H2,1H3,(H,30,31)/b23-21+,26-25?. The molecule has 0 radical (unpaired) electrons. The second-order valence-corrected chi connectivity index (χ2v) is 9.50. The largest absolute Gasteiger partial charge is 0.478 e. The number of anilines is 1. The van der Waals surface area contributed by atoms with Gasteiger partial charge in [-0.15, -0.1) is 0 Å². The average Bonchev–Trinajstić information content (AvgIpc) is 3.31. The minimum Gasteiger partial charge on any atom is -0.478 e. The molecule has 8 heteroatoms. The molecule has 2 aliphatic rings. The lowest BCUT2D eigenvalue weighted by Gasteiger charge is -2.17. The average molecular weight is 474 g/mol. The molecule has 164 valence electrons. The van der Waals surface area contributed by atoms with Gasteiger partial charge in [-0.05, 0) is 47.7 Å². The number of amidine groups is 1. The molecule has 1 saturated heterocycles. The van der Waals surface area contributed by atoms with Gasteiger partial charge in [-0.2, -0.15) is 0 Å². The van der Waals surface area contributed by atoms with Crippen molar-refractivity contribution < 1.29 is 14.7 Å². The maximum atomic E-state index is 13.6. The van der Waals surface area contributed by atoms with Crippen molar-refractivity contribution in [3.63, 3.8) is 0 Å². The van der Waals surface area contributed by atoms with E-state index in [1.807, 2.05) is 66.5 Å². The summed E-state index contributed by atoms with van der Waals surface area (Å²) in [5, 5.41) is 10.7. The lowest BCUT2D eigenvalue weighted by molar-refractivity contribution is -0.122. The van der Waals surface area contributed by atoms with Gasteiger partial charge in [0.15, 0.2) is 5.17 Å². The van der Waals surface area contributed by atoms with E-state index >= 15 is 0 Å².